The summed E-state index contributed by atoms with van der Waals surface area (Å²) in [6.07, 6.45) is 4.50. The van der Waals surface area contributed by atoms with E-state index in [0.29, 0.717) is 5.02 Å². The van der Waals surface area contributed by atoms with Gasteiger partial charge in [-0.1, -0.05) is 23.7 Å². The van der Waals surface area contributed by atoms with Gasteiger partial charge in [0.2, 0.25) is 0 Å². The van der Waals surface area contributed by atoms with E-state index in [-0.39, 0.29) is 0 Å². The second-order valence-electron chi connectivity index (χ2n) is 5.28. The summed E-state index contributed by atoms with van der Waals surface area (Å²) in [5.41, 5.74) is 4.46. The lowest BCUT2D eigenvalue weighted by atomic mass is 10.1. The average molecular weight is 276 g/mol. The van der Waals surface area contributed by atoms with Crippen molar-refractivity contribution in [1.82, 2.24) is 15.1 Å². The second-order valence-corrected chi connectivity index (χ2v) is 5.69. The first-order valence-corrected chi connectivity index (χ1v) is 7.06. The van der Waals surface area contributed by atoms with Crippen LogP contribution in [-0.2, 0) is 6.54 Å². The summed E-state index contributed by atoms with van der Waals surface area (Å²) in [6.45, 7) is 4.94. The number of nitrogens with one attached hydrogen (secondary N) is 1. The van der Waals surface area contributed by atoms with Gasteiger partial charge in [-0.3, -0.25) is 0 Å². The number of halogens is 1. The quantitative estimate of drug-likeness (QED) is 0.927. The molecule has 1 aliphatic carbocycles. The van der Waals surface area contributed by atoms with Crippen molar-refractivity contribution in [2.75, 3.05) is 0 Å². The van der Waals surface area contributed by atoms with Crippen LogP contribution in [0.5, 0.6) is 0 Å². The monoisotopic (exact) mass is 275 g/mol. The van der Waals surface area contributed by atoms with Crippen LogP contribution in [0.4, 0.5) is 0 Å². The van der Waals surface area contributed by atoms with Crippen LogP contribution in [0.1, 0.15) is 29.7 Å². The maximum absolute atomic E-state index is 6.09. The van der Waals surface area contributed by atoms with Crippen LogP contribution in [0.2, 0.25) is 5.02 Å². The van der Waals surface area contributed by atoms with Crippen LogP contribution in [-0.4, -0.2) is 15.8 Å². The zero-order valence-electron chi connectivity index (χ0n) is 11.3. The third-order valence-electron chi connectivity index (χ3n) is 3.53. The van der Waals surface area contributed by atoms with Gasteiger partial charge < -0.3 is 5.32 Å². The molecule has 19 heavy (non-hydrogen) atoms. The molecule has 1 saturated carbocycles. The Morgan fingerprint density at radius 3 is 2.79 bits per heavy atom. The van der Waals surface area contributed by atoms with E-state index in [1.54, 1.807) is 0 Å². The molecule has 2 aromatic rings. The third kappa shape index (κ3) is 2.82. The van der Waals surface area contributed by atoms with Crippen LogP contribution in [0.25, 0.3) is 5.69 Å². The maximum Gasteiger partial charge on any atom is 0.0819 e. The van der Waals surface area contributed by atoms with E-state index < -0.39 is 0 Å². The number of hydrogen-bond donors (Lipinski definition) is 1. The Hall–Kier alpha value is -1.32. The van der Waals surface area contributed by atoms with Crippen LogP contribution < -0.4 is 5.32 Å². The molecule has 0 amide bonds. The molecule has 1 aromatic carbocycles. The molecule has 100 valence electrons. The zero-order chi connectivity index (χ0) is 13.4. The lowest BCUT2D eigenvalue weighted by Gasteiger charge is -2.09. The van der Waals surface area contributed by atoms with Crippen molar-refractivity contribution < 1.29 is 0 Å². The molecule has 3 rings (SSSR count). The minimum Gasteiger partial charge on any atom is -0.310 e. The average Bonchev–Trinajstić information content (AvgIpc) is 3.15. The summed E-state index contributed by atoms with van der Waals surface area (Å²) >= 11 is 6.09. The van der Waals surface area contributed by atoms with Crippen molar-refractivity contribution in [3.8, 4) is 5.69 Å². The zero-order valence-corrected chi connectivity index (χ0v) is 12.0. The Balaban J connectivity index is 1.87. The van der Waals surface area contributed by atoms with E-state index >= 15 is 0 Å². The van der Waals surface area contributed by atoms with Gasteiger partial charge in [-0.2, -0.15) is 5.10 Å². The summed E-state index contributed by atoms with van der Waals surface area (Å²) < 4.78 is 1.87. The number of aromatic nitrogens is 2. The number of hydrogen-bond acceptors (Lipinski definition) is 2. The molecule has 4 heteroatoms. The van der Waals surface area contributed by atoms with E-state index in [9.17, 15) is 0 Å². The number of aryl methyl sites for hydroxylation is 2. The van der Waals surface area contributed by atoms with Gasteiger partial charge in [0.15, 0.2) is 0 Å². The van der Waals surface area contributed by atoms with Crippen LogP contribution >= 0.6 is 11.6 Å². The SMILES string of the molecule is Cc1ccc(CNC2CC2)cc1-n1cc(Cl)c(C)n1. The molecule has 0 saturated heterocycles. The molecule has 3 nitrogen and oxygen atoms in total. The summed E-state index contributed by atoms with van der Waals surface area (Å²) in [5, 5.41) is 8.70. The van der Waals surface area contributed by atoms with Gasteiger partial charge in [0.05, 0.1) is 16.4 Å². The van der Waals surface area contributed by atoms with E-state index in [1.165, 1.54) is 24.0 Å². The Bertz CT molecular complexity index is 580. The van der Waals surface area contributed by atoms with Gasteiger partial charge in [-0.25, -0.2) is 4.68 Å². The highest BCUT2D eigenvalue weighted by Crippen LogP contribution is 2.22. The first-order chi connectivity index (χ1) is 9.13. The lowest BCUT2D eigenvalue weighted by Crippen LogP contribution is -2.15. The highest BCUT2D eigenvalue weighted by molar-refractivity contribution is 6.31. The van der Waals surface area contributed by atoms with E-state index in [4.69, 9.17) is 11.6 Å². The van der Waals surface area contributed by atoms with Crippen molar-refractivity contribution in [1.29, 1.82) is 0 Å². The Kier molecular flexibility index (Phi) is 3.33. The maximum atomic E-state index is 6.09. The van der Waals surface area contributed by atoms with Gasteiger partial charge in [-0.05, 0) is 43.9 Å². The molecule has 0 aliphatic heterocycles. The van der Waals surface area contributed by atoms with Crippen LogP contribution in [0.15, 0.2) is 24.4 Å². The molecule has 0 spiro atoms. The Morgan fingerprint density at radius 1 is 1.37 bits per heavy atom. The second kappa shape index (κ2) is 4.99. The highest BCUT2D eigenvalue weighted by Gasteiger charge is 2.20. The predicted octanol–water partition coefficient (Wildman–Crippen LogP) is 3.39. The van der Waals surface area contributed by atoms with Gasteiger partial charge in [0.25, 0.3) is 0 Å². The first kappa shape index (κ1) is 12.7. The fraction of sp³-hybridized carbons (Fsp3) is 0.400. The molecule has 1 heterocycles. The molecule has 1 aliphatic rings. The molecule has 1 N–H and O–H groups in total. The molecule has 0 bridgehead atoms. The van der Waals surface area contributed by atoms with Crippen molar-refractivity contribution in [3.63, 3.8) is 0 Å². The summed E-state index contributed by atoms with van der Waals surface area (Å²) in [7, 11) is 0. The normalized spacial score (nSPS) is 14.9. The molecular weight excluding hydrogens is 258 g/mol. The summed E-state index contributed by atoms with van der Waals surface area (Å²) in [4.78, 5) is 0. The predicted molar refractivity (Wildman–Crippen MR) is 77.9 cm³/mol. The summed E-state index contributed by atoms with van der Waals surface area (Å²) in [5.74, 6) is 0. The minimum absolute atomic E-state index is 0.709. The standard InChI is InChI=1S/C15H18ClN3/c1-10-3-4-12(8-17-13-5-6-13)7-15(10)19-9-14(16)11(2)18-19/h3-4,7,9,13,17H,5-6,8H2,1-2H3. The molecule has 0 atom stereocenters. The fourth-order valence-electron chi connectivity index (χ4n) is 2.12. The van der Waals surface area contributed by atoms with Crippen molar-refractivity contribution in [3.05, 3.63) is 46.2 Å². The number of nitrogens with zero attached hydrogens (tertiary/aromatic N) is 2. The first-order valence-electron chi connectivity index (χ1n) is 6.68. The van der Waals surface area contributed by atoms with E-state index in [1.807, 2.05) is 17.8 Å². The molecule has 1 fully saturated rings. The molecule has 0 radical (unpaired) electrons. The smallest absolute Gasteiger partial charge is 0.0819 e. The fourth-order valence-corrected chi connectivity index (χ4v) is 2.25. The highest BCUT2D eigenvalue weighted by atomic mass is 35.5. The Morgan fingerprint density at radius 2 is 2.16 bits per heavy atom. The molecular formula is C15H18ClN3. The molecule has 1 aromatic heterocycles. The van der Waals surface area contributed by atoms with Crippen molar-refractivity contribution in [2.24, 2.45) is 0 Å². The minimum atomic E-state index is 0.709. The van der Waals surface area contributed by atoms with Gasteiger partial charge in [-0.15, -0.1) is 0 Å². The lowest BCUT2D eigenvalue weighted by molar-refractivity contribution is 0.686. The van der Waals surface area contributed by atoms with E-state index in [2.05, 4.69) is 35.5 Å². The van der Waals surface area contributed by atoms with Gasteiger partial charge in [0.1, 0.15) is 0 Å². The van der Waals surface area contributed by atoms with Crippen LogP contribution in [0.3, 0.4) is 0 Å². The van der Waals surface area contributed by atoms with Gasteiger partial charge >= 0.3 is 0 Å². The number of benzene rings is 1. The Labute approximate surface area is 118 Å². The molecule has 0 unspecified atom stereocenters. The largest absolute Gasteiger partial charge is 0.310 e. The van der Waals surface area contributed by atoms with Crippen molar-refractivity contribution >= 4 is 11.6 Å². The van der Waals surface area contributed by atoms with E-state index in [0.717, 1.165) is 24.0 Å². The topological polar surface area (TPSA) is 29.9 Å². The van der Waals surface area contributed by atoms with Gasteiger partial charge in [0, 0.05) is 18.8 Å². The van der Waals surface area contributed by atoms with Crippen LogP contribution in [0, 0.1) is 13.8 Å². The third-order valence-corrected chi connectivity index (χ3v) is 3.90. The number of rotatable bonds is 4. The van der Waals surface area contributed by atoms with Crippen molar-refractivity contribution in [2.45, 2.75) is 39.3 Å². The summed E-state index contributed by atoms with van der Waals surface area (Å²) in [6, 6.07) is 7.23.